The predicted octanol–water partition coefficient (Wildman–Crippen LogP) is 1.21. The summed E-state index contributed by atoms with van der Waals surface area (Å²) >= 11 is 0. The highest BCUT2D eigenvalue weighted by Crippen LogP contribution is 2.18. The Balaban J connectivity index is 1.60. The van der Waals surface area contributed by atoms with Crippen molar-refractivity contribution >= 4 is 11.8 Å². The van der Waals surface area contributed by atoms with Crippen molar-refractivity contribution in [2.24, 2.45) is 0 Å². The number of hydrogen-bond donors (Lipinski definition) is 3. The predicted molar refractivity (Wildman–Crippen MR) is 76.7 cm³/mol. The maximum atomic E-state index is 11.8. The Kier molecular flexibility index (Phi) is 5.80. The fourth-order valence-electron chi connectivity index (χ4n) is 2.50. The maximum absolute atomic E-state index is 11.8. The number of carbonyl (C=O) groups is 2. The Labute approximate surface area is 123 Å². The summed E-state index contributed by atoms with van der Waals surface area (Å²) in [5, 5.41) is 15.3. The van der Waals surface area contributed by atoms with E-state index in [0.717, 1.165) is 25.7 Å². The van der Waals surface area contributed by atoms with E-state index in [1.54, 1.807) is 12.1 Å². The summed E-state index contributed by atoms with van der Waals surface area (Å²) in [6.45, 7) is 0.417. The lowest BCUT2D eigenvalue weighted by atomic mass is 9.92. The van der Waals surface area contributed by atoms with E-state index >= 15 is 0 Å². The zero-order chi connectivity index (χ0) is 15.1. The van der Waals surface area contributed by atoms with Crippen molar-refractivity contribution in [2.75, 3.05) is 6.54 Å². The first-order chi connectivity index (χ1) is 10.2. The third-order valence-electron chi connectivity index (χ3n) is 3.69. The van der Waals surface area contributed by atoms with E-state index in [1.807, 2.05) is 0 Å². The number of rotatable bonds is 6. The average molecular weight is 294 g/mol. The number of aliphatic hydroxyl groups is 1. The van der Waals surface area contributed by atoms with E-state index in [2.05, 4.69) is 10.6 Å². The number of hydrogen-bond acceptors (Lipinski definition) is 4. The summed E-state index contributed by atoms with van der Waals surface area (Å²) in [6.07, 6.45) is 5.56. The monoisotopic (exact) mass is 294 g/mol. The van der Waals surface area contributed by atoms with E-state index in [-0.39, 0.29) is 23.6 Å². The zero-order valence-corrected chi connectivity index (χ0v) is 12.0. The zero-order valence-electron chi connectivity index (χ0n) is 12.0. The van der Waals surface area contributed by atoms with Gasteiger partial charge in [-0.15, -0.1) is 0 Å². The SMILES string of the molecule is O=C(CCCNC(=O)c1ccco1)NC1CCCCC1O. The fraction of sp³-hybridized carbons (Fsp3) is 0.600. The third-order valence-corrected chi connectivity index (χ3v) is 3.69. The number of furan rings is 1. The molecule has 3 N–H and O–H groups in total. The molecule has 0 bridgehead atoms. The lowest BCUT2D eigenvalue weighted by Gasteiger charge is -2.28. The molecule has 1 fully saturated rings. The van der Waals surface area contributed by atoms with Gasteiger partial charge < -0.3 is 20.2 Å². The molecule has 2 atom stereocenters. The number of carbonyl (C=O) groups excluding carboxylic acids is 2. The Bertz CT molecular complexity index is 458. The maximum Gasteiger partial charge on any atom is 0.286 e. The molecule has 1 aromatic heterocycles. The van der Waals surface area contributed by atoms with Gasteiger partial charge in [0.2, 0.25) is 5.91 Å². The smallest absolute Gasteiger partial charge is 0.286 e. The van der Waals surface area contributed by atoms with Gasteiger partial charge >= 0.3 is 0 Å². The van der Waals surface area contributed by atoms with Gasteiger partial charge in [-0.25, -0.2) is 0 Å². The van der Waals surface area contributed by atoms with Crippen molar-refractivity contribution < 1.29 is 19.1 Å². The van der Waals surface area contributed by atoms with Gasteiger partial charge in [0.1, 0.15) is 0 Å². The second-order valence-corrected chi connectivity index (χ2v) is 5.36. The summed E-state index contributed by atoms with van der Waals surface area (Å²) in [4.78, 5) is 23.3. The molecular formula is C15H22N2O4. The molecule has 6 heteroatoms. The van der Waals surface area contributed by atoms with Crippen LogP contribution >= 0.6 is 0 Å². The van der Waals surface area contributed by atoms with Crippen LogP contribution in [0.25, 0.3) is 0 Å². The first-order valence-electron chi connectivity index (χ1n) is 7.46. The molecule has 2 rings (SSSR count). The van der Waals surface area contributed by atoms with Crippen LogP contribution in [0, 0.1) is 0 Å². The highest BCUT2D eigenvalue weighted by atomic mass is 16.3. The normalized spacial score (nSPS) is 21.8. The van der Waals surface area contributed by atoms with Crippen LogP contribution in [0.3, 0.4) is 0 Å². The van der Waals surface area contributed by atoms with Crippen LogP contribution in [0.5, 0.6) is 0 Å². The van der Waals surface area contributed by atoms with Crippen molar-refractivity contribution in [3.63, 3.8) is 0 Å². The molecule has 0 saturated heterocycles. The summed E-state index contributed by atoms with van der Waals surface area (Å²) in [5.74, 6) is -0.0823. The summed E-state index contributed by atoms with van der Waals surface area (Å²) in [7, 11) is 0. The molecule has 0 spiro atoms. The van der Waals surface area contributed by atoms with Gasteiger partial charge in [-0.3, -0.25) is 9.59 Å². The molecule has 6 nitrogen and oxygen atoms in total. The topological polar surface area (TPSA) is 91.6 Å². The second-order valence-electron chi connectivity index (χ2n) is 5.36. The Morgan fingerprint density at radius 2 is 2.14 bits per heavy atom. The first-order valence-corrected chi connectivity index (χ1v) is 7.46. The van der Waals surface area contributed by atoms with E-state index in [4.69, 9.17) is 4.42 Å². The highest BCUT2D eigenvalue weighted by Gasteiger charge is 2.24. The fourth-order valence-corrected chi connectivity index (χ4v) is 2.50. The minimum atomic E-state index is -0.429. The van der Waals surface area contributed by atoms with Gasteiger partial charge in [0, 0.05) is 13.0 Å². The molecule has 0 radical (unpaired) electrons. The van der Waals surface area contributed by atoms with Gasteiger partial charge in [-0.05, 0) is 31.4 Å². The molecule has 1 aliphatic carbocycles. The molecule has 1 saturated carbocycles. The molecule has 1 aliphatic rings. The quantitative estimate of drug-likeness (QED) is 0.688. The van der Waals surface area contributed by atoms with Crippen molar-refractivity contribution in [1.29, 1.82) is 0 Å². The lowest BCUT2D eigenvalue weighted by Crippen LogP contribution is -2.45. The Morgan fingerprint density at radius 1 is 1.33 bits per heavy atom. The highest BCUT2D eigenvalue weighted by molar-refractivity contribution is 5.91. The van der Waals surface area contributed by atoms with Crippen LogP contribution in [0.4, 0.5) is 0 Å². The molecular weight excluding hydrogens is 272 g/mol. The van der Waals surface area contributed by atoms with Crippen molar-refractivity contribution in [1.82, 2.24) is 10.6 Å². The van der Waals surface area contributed by atoms with Crippen LogP contribution in [0.2, 0.25) is 0 Å². The molecule has 21 heavy (non-hydrogen) atoms. The van der Waals surface area contributed by atoms with Crippen LogP contribution in [0.15, 0.2) is 22.8 Å². The average Bonchev–Trinajstić information content (AvgIpc) is 3.00. The van der Waals surface area contributed by atoms with Crippen molar-refractivity contribution in [3.05, 3.63) is 24.2 Å². The second kappa shape index (κ2) is 7.83. The minimum Gasteiger partial charge on any atom is -0.459 e. The largest absolute Gasteiger partial charge is 0.459 e. The van der Waals surface area contributed by atoms with Gasteiger partial charge in [-0.2, -0.15) is 0 Å². The summed E-state index contributed by atoms with van der Waals surface area (Å²) < 4.78 is 4.97. The molecule has 1 heterocycles. The number of aliphatic hydroxyl groups excluding tert-OH is 1. The Morgan fingerprint density at radius 3 is 2.86 bits per heavy atom. The van der Waals surface area contributed by atoms with Crippen LogP contribution in [0.1, 0.15) is 49.1 Å². The summed E-state index contributed by atoms with van der Waals surface area (Å²) in [6, 6.07) is 3.12. The van der Waals surface area contributed by atoms with Gasteiger partial charge in [-0.1, -0.05) is 12.8 Å². The van der Waals surface area contributed by atoms with Gasteiger partial charge in [0.25, 0.3) is 5.91 Å². The van der Waals surface area contributed by atoms with Gasteiger partial charge in [0.15, 0.2) is 5.76 Å². The minimum absolute atomic E-state index is 0.0757. The number of nitrogens with one attached hydrogen (secondary N) is 2. The number of amides is 2. The third kappa shape index (κ3) is 4.90. The molecule has 0 aromatic carbocycles. The van der Waals surface area contributed by atoms with Crippen molar-refractivity contribution in [3.8, 4) is 0 Å². The van der Waals surface area contributed by atoms with E-state index in [1.165, 1.54) is 6.26 Å². The molecule has 1 aromatic rings. The van der Waals surface area contributed by atoms with Crippen molar-refractivity contribution in [2.45, 2.75) is 50.7 Å². The van der Waals surface area contributed by atoms with Gasteiger partial charge in [0.05, 0.1) is 18.4 Å². The Hall–Kier alpha value is -1.82. The van der Waals surface area contributed by atoms with Crippen LogP contribution in [-0.4, -0.2) is 35.6 Å². The molecule has 116 valence electrons. The standard InChI is InChI=1S/C15H22N2O4/c18-12-6-2-1-5-11(12)17-14(19)8-3-9-16-15(20)13-7-4-10-21-13/h4,7,10-12,18H,1-3,5-6,8-9H2,(H,16,20)(H,17,19). The molecule has 2 unspecified atom stereocenters. The molecule has 0 aliphatic heterocycles. The van der Waals surface area contributed by atoms with E-state index in [9.17, 15) is 14.7 Å². The molecule has 2 amide bonds. The van der Waals surface area contributed by atoms with Crippen LogP contribution < -0.4 is 10.6 Å². The van der Waals surface area contributed by atoms with E-state index in [0.29, 0.717) is 19.4 Å². The lowest BCUT2D eigenvalue weighted by molar-refractivity contribution is -0.123. The van der Waals surface area contributed by atoms with Crippen LogP contribution in [-0.2, 0) is 4.79 Å². The first kappa shape index (κ1) is 15.6. The van der Waals surface area contributed by atoms with E-state index < -0.39 is 6.10 Å². The summed E-state index contributed by atoms with van der Waals surface area (Å²) in [5.41, 5.74) is 0.